The Bertz CT molecular complexity index is 806. The third-order valence-corrected chi connectivity index (χ3v) is 6.00. The Morgan fingerprint density at radius 3 is 2.64 bits per heavy atom. The molecule has 130 valence electrons. The quantitative estimate of drug-likeness (QED) is 0.821. The molecule has 0 saturated carbocycles. The van der Waals surface area contributed by atoms with E-state index in [1.54, 1.807) is 29.8 Å². The molecule has 0 radical (unpaired) electrons. The van der Waals surface area contributed by atoms with Crippen molar-refractivity contribution in [3.8, 4) is 0 Å². The van der Waals surface area contributed by atoms with Gasteiger partial charge in [0.15, 0.2) is 0 Å². The lowest BCUT2D eigenvalue weighted by molar-refractivity contribution is -0.115. The molecule has 2 aromatic rings. The summed E-state index contributed by atoms with van der Waals surface area (Å²) in [5.41, 5.74) is 2.39. The van der Waals surface area contributed by atoms with Crippen molar-refractivity contribution in [1.82, 2.24) is 4.90 Å². The molecule has 0 saturated heterocycles. The fourth-order valence-electron chi connectivity index (χ4n) is 2.64. The standard InChI is InChI=1S/C19H20N2O2S2/c1-12-18(22)20-16-10-14(6-9-17(16)25-12)19(23)21(2)11-13-4-7-15(24-3)8-5-13/h4-10,12H,11H2,1-3H3,(H,20,22). The zero-order valence-corrected chi connectivity index (χ0v) is 16.0. The molecular weight excluding hydrogens is 352 g/mol. The number of hydrogen-bond acceptors (Lipinski definition) is 4. The number of anilines is 1. The van der Waals surface area contributed by atoms with Crippen LogP contribution in [0.15, 0.2) is 52.3 Å². The molecule has 1 heterocycles. The summed E-state index contributed by atoms with van der Waals surface area (Å²) < 4.78 is 0. The highest BCUT2D eigenvalue weighted by atomic mass is 32.2. The first-order chi connectivity index (χ1) is 12.0. The van der Waals surface area contributed by atoms with E-state index in [-0.39, 0.29) is 17.1 Å². The van der Waals surface area contributed by atoms with E-state index >= 15 is 0 Å². The number of nitrogens with zero attached hydrogens (tertiary/aromatic N) is 1. The molecule has 6 heteroatoms. The van der Waals surface area contributed by atoms with Gasteiger partial charge in [-0.15, -0.1) is 23.5 Å². The van der Waals surface area contributed by atoms with Crippen LogP contribution in [0.2, 0.25) is 0 Å². The number of thioether (sulfide) groups is 2. The van der Waals surface area contributed by atoms with Crippen molar-refractivity contribution in [1.29, 1.82) is 0 Å². The zero-order valence-electron chi connectivity index (χ0n) is 14.4. The topological polar surface area (TPSA) is 49.4 Å². The summed E-state index contributed by atoms with van der Waals surface area (Å²) in [5.74, 6) is -0.0843. The highest BCUT2D eigenvalue weighted by Crippen LogP contribution is 2.36. The Morgan fingerprint density at radius 1 is 1.24 bits per heavy atom. The second-order valence-corrected chi connectivity index (χ2v) is 8.23. The second-order valence-electron chi connectivity index (χ2n) is 5.97. The summed E-state index contributed by atoms with van der Waals surface area (Å²) in [4.78, 5) is 28.4. The first-order valence-electron chi connectivity index (χ1n) is 7.98. The van der Waals surface area contributed by atoms with Gasteiger partial charge in [-0.05, 0) is 49.1 Å². The van der Waals surface area contributed by atoms with E-state index < -0.39 is 0 Å². The fraction of sp³-hybridized carbons (Fsp3) is 0.263. The van der Waals surface area contributed by atoms with Crippen molar-refractivity contribution in [3.05, 3.63) is 53.6 Å². The van der Waals surface area contributed by atoms with E-state index in [0.29, 0.717) is 12.1 Å². The van der Waals surface area contributed by atoms with Gasteiger partial charge in [0.05, 0.1) is 10.9 Å². The van der Waals surface area contributed by atoms with Crippen LogP contribution in [0.25, 0.3) is 0 Å². The molecule has 1 aliphatic rings. The second kappa shape index (κ2) is 7.54. The van der Waals surface area contributed by atoms with Crippen LogP contribution in [0, 0.1) is 0 Å². The SMILES string of the molecule is CSc1ccc(CN(C)C(=O)c2ccc3c(c2)NC(=O)C(C)S3)cc1. The van der Waals surface area contributed by atoms with Crippen LogP contribution in [0.5, 0.6) is 0 Å². The smallest absolute Gasteiger partial charge is 0.253 e. The Hall–Kier alpha value is -1.92. The van der Waals surface area contributed by atoms with Gasteiger partial charge in [-0.3, -0.25) is 9.59 Å². The molecule has 25 heavy (non-hydrogen) atoms. The molecule has 0 bridgehead atoms. The van der Waals surface area contributed by atoms with Crippen LogP contribution in [-0.2, 0) is 11.3 Å². The number of carbonyl (C=O) groups is 2. The van der Waals surface area contributed by atoms with Crippen molar-refractivity contribution in [2.24, 2.45) is 0 Å². The largest absolute Gasteiger partial charge is 0.337 e. The molecular formula is C19H20N2O2S2. The zero-order chi connectivity index (χ0) is 18.0. The van der Waals surface area contributed by atoms with Gasteiger partial charge in [0.2, 0.25) is 5.91 Å². The molecule has 0 spiro atoms. The maximum absolute atomic E-state index is 12.7. The predicted octanol–water partition coefficient (Wildman–Crippen LogP) is 4.11. The fourth-order valence-corrected chi connectivity index (χ4v) is 3.98. The number of hydrogen-bond donors (Lipinski definition) is 1. The van der Waals surface area contributed by atoms with Gasteiger partial charge in [0, 0.05) is 28.9 Å². The van der Waals surface area contributed by atoms with Gasteiger partial charge in [-0.2, -0.15) is 0 Å². The van der Waals surface area contributed by atoms with Crippen molar-refractivity contribution in [3.63, 3.8) is 0 Å². The molecule has 2 aromatic carbocycles. The van der Waals surface area contributed by atoms with Crippen molar-refractivity contribution in [2.75, 3.05) is 18.6 Å². The van der Waals surface area contributed by atoms with E-state index in [4.69, 9.17) is 0 Å². The van der Waals surface area contributed by atoms with Crippen LogP contribution in [0.4, 0.5) is 5.69 Å². The summed E-state index contributed by atoms with van der Waals surface area (Å²) in [6.45, 7) is 2.42. The molecule has 1 atom stereocenters. The Kier molecular flexibility index (Phi) is 5.39. The lowest BCUT2D eigenvalue weighted by atomic mass is 10.1. The molecule has 1 unspecified atom stereocenters. The van der Waals surface area contributed by atoms with Crippen LogP contribution < -0.4 is 5.32 Å². The summed E-state index contributed by atoms with van der Waals surface area (Å²) in [7, 11) is 1.79. The highest BCUT2D eigenvalue weighted by Gasteiger charge is 2.24. The van der Waals surface area contributed by atoms with Crippen molar-refractivity contribution >= 4 is 41.0 Å². The number of amides is 2. The molecule has 3 rings (SSSR count). The Balaban J connectivity index is 1.73. The number of fused-ring (bicyclic) bond motifs is 1. The van der Waals surface area contributed by atoms with E-state index in [2.05, 4.69) is 17.4 Å². The Morgan fingerprint density at radius 2 is 1.96 bits per heavy atom. The highest BCUT2D eigenvalue weighted by molar-refractivity contribution is 8.01. The van der Waals surface area contributed by atoms with Crippen LogP contribution in [-0.4, -0.2) is 35.3 Å². The first-order valence-corrected chi connectivity index (χ1v) is 10.1. The minimum absolute atomic E-state index is 0.0238. The minimum atomic E-state index is -0.110. The summed E-state index contributed by atoms with van der Waals surface area (Å²) in [6.07, 6.45) is 2.04. The van der Waals surface area contributed by atoms with Crippen molar-refractivity contribution in [2.45, 2.75) is 28.5 Å². The van der Waals surface area contributed by atoms with Gasteiger partial charge in [-0.25, -0.2) is 0 Å². The lowest BCUT2D eigenvalue weighted by Gasteiger charge is -2.23. The average Bonchev–Trinajstić information content (AvgIpc) is 2.62. The van der Waals surface area contributed by atoms with Crippen LogP contribution in [0.3, 0.4) is 0 Å². The van der Waals surface area contributed by atoms with Gasteiger partial charge in [-0.1, -0.05) is 12.1 Å². The first kappa shape index (κ1) is 17.9. The molecule has 0 fully saturated rings. The Labute approximate surface area is 156 Å². The van der Waals surface area contributed by atoms with Crippen molar-refractivity contribution < 1.29 is 9.59 Å². The molecule has 1 N–H and O–H groups in total. The van der Waals surface area contributed by atoms with E-state index in [1.807, 2.05) is 37.4 Å². The number of rotatable bonds is 4. The number of benzene rings is 2. The van der Waals surface area contributed by atoms with Crippen LogP contribution >= 0.6 is 23.5 Å². The summed E-state index contributed by atoms with van der Waals surface area (Å²) in [5, 5.41) is 2.76. The summed E-state index contributed by atoms with van der Waals surface area (Å²) >= 11 is 3.21. The normalized spacial score (nSPS) is 16.1. The average molecular weight is 373 g/mol. The van der Waals surface area contributed by atoms with Gasteiger partial charge in [0.1, 0.15) is 0 Å². The number of carbonyl (C=O) groups excluding carboxylic acids is 2. The van der Waals surface area contributed by atoms with E-state index in [1.165, 1.54) is 16.7 Å². The predicted molar refractivity (Wildman–Crippen MR) is 104 cm³/mol. The van der Waals surface area contributed by atoms with Gasteiger partial charge >= 0.3 is 0 Å². The molecule has 4 nitrogen and oxygen atoms in total. The maximum atomic E-state index is 12.7. The van der Waals surface area contributed by atoms with E-state index in [9.17, 15) is 9.59 Å². The van der Waals surface area contributed by atoms with E-state index in [0.717, 1.165) is 16.1 Å². The maximum Gasteiger partial charge on any atom is 0.253 e. The molecule has 2 amide bonds. The third-order valence-electron chi connectivity index (χ3n) is 4.08. The van der Waals surface area contributed by atoms with Gasteiger partial charge in [0.25, 0.3) is 5.91 Å². The number of nitrogens with one attached hydrogen (secondary N) is 1. The monoisotopic (exact) mass is 372 g/mol. The van der Waals surface area contributed by atoms with Crippen LogP contribution in [0.1, 0.15) is 22.8 Å². The minimum Gasteiger partial charge on any atom is -0.337 e. The molecule has 0 aromatic heterocycles. The molecule has 0 aliphatic carbocycles. The third kappa shape index (κ3) is 4.02. The molecule has 1 aliphatic heterocycles. The van der Waals surface area contributed by atoms with Gasteiger partial charge < -0.3 is 10.2 Å². The lowest BCUT2D eigenvalue weighted by Crippen LogP contribution is -2.28. The summed E-state index contributed by atoms with van der Waals surface area (Å²) in [6, 6.07) is 13.7.